The van der Waals surface area contributed by atoms with Gasteiger partial charge in [-0.2, -0.15) is 4.98 Å². The highest BCUT2D eigenvalue weighted by atomic mass is 16.5. The van der Waals surface area contributed by atoms with E-state index >= 15 is 0 Å². The number of aromatic nitrogens is 2. The molecule has 0 saturated heterocycles. The number of rotatable bonds is 6. The summed E-state index contributed by atoms with van der Waals surface area (Å²) >= 11 is 0. The van der Waals surface area contributed by atoms with Crippen molar-refractivity contribution in [2.75, 3.05) is 13.7 Å². The molecule has 0 aliphatic heterocycles. The van der Waals surface area contributed by atoms with Crippen LogP contribution < -0.4 is 0 Å². The normalized spacial score (nSPS) is 30.1. The highest BCUT2D eigenvalue weighted by Gasteiger charge is 2.57. The Kier molecular flexibility index (Phi) is 3.73. The molecule has 3 saturated carbocycles. The van der Waals surface area contributed by atoms with Gasteiger partial charge >= 0.3 is 0 Å². The first kappa shape index (κ1) is 14.6. The Morgan fingerprint density at radius 2 is 2.09 bits per heavy atom. The van der Waals surface area contributed by atoms with Crippen LogP contribution in [-0.2, 0) is 11.3 Å². The predicted octanol–water partition coefficient (Wildman–Crippen LogP) is 3.12. The SMILES string of the molecule is CCO[C@@H]1C[C@H](N(C)Cc2noc(C3CC3)n2)C12CCCC2. The second-order valence-electron chi connectivity index (χ2n) is 7.37. The van der Waals surface area contributed by atoms with Crippen LogP contribution in [-0.4, -0.2) is 40.8 Å². The van der Waals surface area contributed by atoms with Crippen molar-refractivity contribution >= 4 is 0 Å². The Hall–Kier alpha value is -0.940. The summed E-state index contributed by atoms with van der Waals surface area (Å²) in [4.78, 5) is 7.01. The van der Waals surface area contributed by atoms with Gasteiger partial charge in [-0.3, -0.25) is 4.90 Å². The zero-order chi connectivity index (χ0) is 15.2. The van der Waals surface area contributed by atoms with Crippen molar-refractivity contribution < 1.29 is 9.26 Å². The Balaban J connectivity index is 1.42. The standard InChI is InChI=1S/C17H27N3O2/c1-3-21-14-10-13(17(14)8-4-5-9-17)20(2)11-15-18-16(22-19-15)12-6-7-12/h12-14H,3-11H2,1-2H3/t13-,14+/m0/s1. The van der Waals surface area contributed by atoms with Crippen LogP contribution in [0.2, 0.25) is 0 Å². The molecule has 0 radical (unpaired) electrons. The number of hydrogen-bond acceptors (Lipinski definition) is 5. The molecule has 1 spiro atoms. The van der Waals surface area contributed by atoms with Gasteiger partial charge in [-0.25, -0.2) is 0 Å². The van der Waals surface area contributed by atoms with E-state index in [1.807, 2.05) is 0 Å². The summed E-state index contributed by atoms with van der Waals surface area (Å²) in [6, 6.07) is 0.606. The maximum Gasteiger partial charge on any atom is 0.229 e. The maximum atomic E-state index is 6.01. The van der Waals surface area contributed by atoms with E-state index in [4.69, 9.17) is 9.26 Å². The summed E-state index contributed by atoms with van der Waals surface area (Å²) in [7, 11) is 2.21. The molecular formula is C17H27N3O2. The van der Waals surface area contributed by atoms with Gasteiger partial charge in [-0.15, -0.1) is 0 Å². The summed E-state index contributed by atoms with van der Waals surface area (Å²) in [5, 5.41) is 4.17. The molecule has 3 fully saturated rings. The van der Waals surface area contributed by atoms with Crippen LogP contribution in [0.1, 0.15) is 69.5 Å². The zero-order valence-corrected chi connectivity index (χ0v) is 13.8. The van der Waals surface area contributed by atoms with Crippen molar-refractivity contribution in [3.05, 3.63) is 11.7 Å². The van der Waals surface area contributed by atoms with E-state index in [0.717, 1.165) is 31.3 Å². The van der Waals surface area contributed by atoms with Crippen molar-refractivity contribution in [1.82, 2.24) is 15.0 Å². The fraction of sp³-hybridized carbons (Fsp3) is 0.882. The van der Waals surface area contributed by atoms with Gasteiger partial charge < -0.3 is 9.26 Å². The summed E-state index contributed by atoms with van der Waals surface area (Å²) in [5.41, 5.74) is 0.383. The van der Waals surface area contributed by atoms with Crippen molar-refractivity contribution in [3.8, 4) is 0 Å². The average Bonchev–Trinajstić information content (AvgIpc) is 3.02. The van der Waals surface area contributed by atoms with E-state index in [1.54, 1.807) is 0 Å². The Morgan fingerprint density at radius 3 is 2.77 bits per heavy atom. The molecule has 4 rings (SSSR count). The predicted molar refractivity (Wildman–Crippen MR) is 82.5 cm³/mol. The topological polar surface area (TPSA) is 51.4 Å². The van der Waals surface area contributed by atoms with Gasteiger partial charge in [0.15, 0.2) is 5.82 Å². The van der Waals surface area contributed by atoms with Crippen LogP contribution in [0.15, 0.2) is 4.52 Å². The molecule has 22 heavy (non-hydrogen) atoms. The molecule has 0 unspecified atom stereocenters. The fourth-order valence-corrected chi connectivity index (χ4v) is 4.63. The molecule has 122 valence electrons. The van der Waals surface area contributed by atoms with Crippen molar-refractivity contribution in [3.63, 3.8) is 0 Å². The van der Waals surface area contributed by atoms with Crippen LogP contribution in [0.4, 0.5) is 0 Å². The zero-order valence-electron chi connectivity index (χ0n) is 13.8. The van der Waals surface area contributed by atoms with Gasteiger partial charge in [0.2, 0.25) is 5.89 Å². The van der Waals surface area contributed by atoms with Crippen LogP contribution in [0.25, 0.3) is 0 Å². The van der Waals surface area contributed by atoms with Gasteiger partial charge in [0.1, 0.15) is 0 Å². The largest absolute Gasteiger partial charge is 0.378 e. The minimum atomic E-state index is 0.383. The first-order valence-electron chi connectivity index (χ1n) is 8.87. The molecule has 0 amide bonds. The van der Waals surface area contributed by atoms with Gasteiger partial charge in [-0.1, -0.05) is 18.0 Å². The van der Waals surface area contributed by atoms with E-state index in [-0.39, 0.29) is 0 Å². The molecular weight excluding hydrogens is 278 g/mol. The third-order valence-corrected chi connectivity index (χ3v) is 5.98. The van der Waals surface area contributed by atoms with Crippen LogP contribution in [0, 0.1) is 5.41 Å². The minimum absolute atomic E-state index is 0.383. The molecule has 1 aromatic heterocycles. The van der Waals surface area contributed by atoms with E-state index < -0.39 is 0 Å². The molecule has 3 aliphatic rings. The van der Waals surface area contributed by atoms with Crippen molar-refractivity contribution in [2.45, 2.75) is 76.5 Å². The van der Waals surface area contributed by atoms with Crippen LogP contribution >= 0.6 is 0 Å². The highest BCUT2D eigenvalue weighted by molar-refractivity contribution is 5.11. The Bertz CT molecular complexity index is 520. The number of hydrogen-bond donors (Lipinski definition) is 0. The van der Waals surface area contributed by atoms with Gasteiger partial charge in [0.05, 0.1) is 12.6 Å². The maximum absolute atomic E-state index is 6.01. The molecule has 0 bridgehead atoms. The molecule has 0 N–H and O–H groups in total. The molecule has 5 heteroatoms. The lowest BCUT2D eigenvalue weighted by Gasteiger charge is -2.57. The monoisotopic (exact) mass is 305 g/mol. The lowest BCUT2D eigenvalue weighted by Crippen LogP contribution is -2.62. The molecule has 5 nitrogen and oxygen atoms in total. The third kappa shape index (κ3) is 2.38. The first-order chi connectivity index (χ1) is 10.7. The summed E-state index contributed by atoms with van der Waals surface area (Å²) < 4.78 is 11.4. The highest BCUT2D eigenvalue weighted by Crippen LogP contribution is 2.56. The molecule has 2 atom stereocenters. The molecule has 3 aliphatic carbocycles. The van der Waals surface area contributed by atoms with Crippen molar-refractivity contribution in [2.24, 2.45) is 5.41 Å². The Labute approximate surface area is 132 Å². The summed E-state index contributed by atoms with van der Waals surface area (Å²) in [5.74, 6) is 2.23. The summed E-state index contributed by atoms with van der Waals surface area (Å²) in [6.07, 6.45) is 9.35. The minimum Gasteiger partial charge on any atom is -0.378 e. The Morgan fingerprint density at radius 1 is 1.32 bits per heavy atom. The second kappa shape index (κ2) is 5.60. The van der Waals surface area contributed by atoms with E-state index in [0.29, 0.717) is 23.5 Å². The quantitative estimate of drug-likeness (QED) is 0.808. The molecule has 0 aromatic carbocycles. The third-order valence-electron chi connectivity index (χ3n) is 5.98. The number of ether oxygens (including phenoxy) is 1. The fourth-order valence-electron chi connectivity index (χ4n) is 4.63. The van der Waals surface area contributed by atoms with Gasteiger partial charge in [0.25, 0.3) is 0 Å². The smallest absolute Gasteiger partial charge is 0.229 e. The molecule has 1 aromatic rings. The van der Waals surface area contributed by atoms with E-state index in [2.05, 4.69) is 29.0 Å². The summed E-state index contributed by atoms with van der Waals surface area (Å²) in [6.45, 7) is 3.73. The number of nitrogens with zero attached hydrogens (tertiary/aromatic N) is 3. The van der Waals surface area contributed by atoms with Crippen molar-refractivity contribution in [1.29, 1.82) is 0 Å². The lowest BCUT2D eigenvalue weighted by atomic mass is 9.60. The first-order valence-corrected chi connectivity index (χ1v) is 8.87. The van der Waals surface area contributed by atoms with Crippen LogP contribution in [0.3, 0.4) is 0 Å². The lowest BCUT2D eigenvalue weighted by molar-refractivity contribution is -0.162. The van der Waals surface area contributed by atoms with E-state index in [9.17, 15) is 0 Å². The van der Waals surface area contributed by atoms with Crippen LogP contribution in [0.5, 0.6) is 0 Å². The van der Waals surface area contributed by atoms with Gasteiger partial charge in [0, 0.05) is 24.0 Å². The second-order valence-corrected chi connectivity index (χ2v) is 7.37. The molecule has 1 heterocycles. The van der Waals surface area contributed by atoms with E-state index in [1.165, 1.54) is 38.5 Å². The average molecular weight is 305 g/mol. The van der Waals surface area contributed by atoms with Gasteiger partial charge in [-0.05, 0) is 46.1 Å².